The highest BCUT2D eigenvalue weighted by Crippen LogP contribution is 1.97. The lowest BCUT2D eigenvalue weighted by molar-refractivity contribution is 1.73. The molecule has 0 aromatic carbocycles. The summed E-state index contributed by atoms with van der Waals surface area (Å²) in [5.41, 5.74) is 0. The van der Waals surface area contributed by atoms with E-state index < -0.39 is 0 Å². The zero-order chi connectivity index (χ0) is 81.2. The van der Waals surface area contributed by atoms with E-state index >= 15 is 0 Å². The molecule has 0 aliphatic heterocycles. The Morgan fingerprint density at radius 2 is 0.0702 bits per heavy atom. The minimum atomic E-state index is 2.00. The van der Waals surface area contributed by atoms with Gasteiger partial charge in [-0.25, -0.2) is 0 Å². The van der Waals surface area contributed by atoms with Crippen molar-refractivity contribution in [3.63, 3.8) is 0 Å². The Bertz CT molecular complexity index is 3950. The lowest BCUT2D eigenvalue weighted by Crippen LogP contribution is -1.55. The molecule has 0 nitrogen and oxygen atoms in total. The molecule has 0 amide bonds. The van der Waals surface area contributed by atoms with Gasteiger partial charge in [0.2, 0.25) is 0 Å². The molecule has 0 bridgehead atoms. The minimum Gasteiger partial charge on any atom is -0.0877 e. The number of hydrogen-bond acceptors (Lipinski definition) is 0. The van der Waals surface area contributed by atoms with Gasteiger partial charge in [-0.1, -0.05) is 681 Å². The number of rotatable bonds is 55. The second-order valence-electron chi connectivity index (χ2n) is 21.8. The molecule has 0 N–H and O–H groups in total. The van der Waals surface area contributed by atoms with Crippen molar-refractivity contribution in [3.8, 4) is 0 Å². The van der Waals surface area contributed by atoms with Crippen LogP contribution in [0.3, 0.4) is 0 Å². The highest BCUT2D eigenvalue weighted by atomic mass is 13.8. The monoisotopic (exact) mass is 1490 g/mol. The number of allylic oxidation sites excluding steroid dienone is 112. The van der Waals surface area contributed by atoms with Gasteiger partial charge in [0, 0.05) is 0 Å². The molecule has 0 aromatic heterocycles. The van der Waals surface area contributed by atoms with Crippen molar-refractivity contribution in [2.24, 2.45) is 0 Å². The zero-order valence-electron chi connectivity index (χ0n) is 66.7. The van der Waals surface area contributed by atoms with Crippen LogP contribution in [-0.4, -0.2) is 0 Å². The van der Waals surface area contributed by atoms with Gasteiger partial charge < -0.3 is 0 Å². The Labute approximate surface area is 689 Å². The summed E-state index contributed by atoms with van der Waals surface area (Å²) in [6.07, 6.45) is 224. The average Bonchev–Trinajstić information content (AvgIpc) is 2.83. The minimum absolute atomic E-state index is 2.00. The third kappa shape index (κ3) is 97.4. The molecule has 114 heavy (non-hydrogen) atoms. The Morgan fingerprint density at radius 1 is 0.0439 bits per heavy atom. The first-order valence-electron chi connectivity index (χ1n) is 38.2. The SMILES string of the molecule is CC=CC=CC=CC=CC=CC=CC=CC=CC=CC=CC=CC=CC=CC=CC=CC=CC=CC=CC=CC=CC=CC=CC=CC=CC=CC=CC=CC=CC=CC=CC=CC=CC=CC=CC=CC=CC=CC=CC=CC=CC=CC=CC=CC=CC=CC=CC=CC=CC=CC=CC=CC=CC=CC=CC=CC=CC. The molecule has 0 spiro atoms. The maximum atomic E-state index is 2.00. The van der Waals surface area contributed by atoms with Crippen molar-refractivity contribution >= 4 is 0 Å². The molecule has 0 fully saturated rings. The topological polar surface area (TPSA) is 0 Å². The molecule has 0 aliphatic carbocycles. The normalized spacial score (nSPS) is 15.8. The molecule has 0 radical (unpaired) electrons. The predicted molar refractivity (Wildman–Crippen MR) is 523 cm³/mol. The standard InChI is InChI=1S/C114H118/c1-3-5-7-9-11-13-15-17-19-21-23-25-27-29-31-33-35-37-39-41-43-45-47-49-51-53-55-57-59-61-63-65-67-69-71-73-75-77-79-81-83-85-87-89-91-93-95-97-99-101-103-105-107-109-111-113-114-112-110-108-106-104-102-100-98-96-94-92-90-88-86-84-82-80-78-76-74-72-70-68-66-64-62-60-58-56-54-52-50-48-46-44-42-40-38-36-34-32-30-28-26-24-22-20-18-16-14-12-10-8-6-4-2/h3-114H,1-2H3. The predicted octanol–water partition coefficient (Wildman–Crippen LogP) is 32.2. The summed E-state index contributed by atoms with van der Waals surface area (Å²) in [6.45, 7) is 4.00. The van der Waals surface area contributed by atoms with E-state index in [0.717, 1.165) is 0 Å². The molecule has 0 saturated heterocycles. The van der Waals surface area contributed by atoms with Crippen LogP contribution in [0.25, 0.3) is 0 Å². The molecule has 0 atom stereocenters. The molecule has 0 heterocycles. The molecule has 0 unspecified atom stereocenters. The first-order valence-corrected chi connectivity index (χ1v) is 38.2. The maximum Gasteiger partial charge on any atom is -0.0467 e. The summed E-state index contributed by atoms with van der Waals surface area (Å²) >= 11 is 0. The van der Waals surface area contributed by atoms with Crippen molar-refractivity contribution in [2.45, 2.75) is 13.8 Å². The van der Waals surface area contributed by atoms with E-state index in [1.54, 1.807) is 0 Å². The van der Waals surface area contributed by atoms with Crippen LogP contribution < -0.4 is 0 Å². The smallest absolute Gasteiger partial charge is 0.0467 e. The van der Waals surface area contributed by atoms with Gasteiger partial charge in [-0.3, -0.25) is 0 Å². The fraction of sp³-hybridized carbons (Fsp3) is 0.0175. The van der Waals surface area contributed by atoms with Gasteiger partial charge in [0.05, 0.1) is 0 Å². The summed E-state index contributed by atoms with van der Waals surface area (Å²) in [7, 11) is 0. The van der Waals surface area contributed by atoms with E-state index in [1.807, 2.05) is 694 Å². The van der Waals surface area contributed by atoms with Crippen LogP contribution in [0.1, 0.15) is 13.8 Å². The second kappa shape index (κ2) is 98.4. The lowest BCUT2D eigenvalue weighted by Gasteiger charge is -1.77. The van der Waals surface area contributed by atoms with Crippen molar-refractivity contribution < 1.29 is 0 Å². The second-order valence-corrected chi connectivity index (χ2v) is 21.8. The van der Waals surface area contributed by atoms with Crippen molar-refractivity contribution in [1.29, 1.82) is 0 Å². The van der Waals surface area contributed by atoms with E-state index in [1.165, 1.54) is 0 Å². The summed E-state index contributed by atoms with van der Waals surface area (Å²) < 4.78 is 0. The maximum absolute atomic E-state index is 2.00. The molecule has 0 saturated carbocycles. The van der Waals surface area contributed by atoms with Crippen molar-refractivity contribution in [1.82, 2.24) is 0 Å². The summed E-state index contributed by atoms with van der Waals surface area (Å²) in [4.78, 5) is 0. The van der Waals surface area contributed by atoms with Gasteiger partial charge in [0.25, 0.3) is 0 Å². The Morgan fingerprint density at radius 3 is 0.0965 bits per heavy atom. The summed E-state index contributed by atoms with van der Waals surface area (Å²) in [6, 6.07) is 0. The molecule has 0 rings (SSSR count). The van der Waals surface area contributed by atoms with Crippen LogP contribution in [0, 0.1) is 0 Å². The zero-order valence-corrected chi connectivity index (χ0v) is 66.7. The Kier molecular flexibility index (Phi) is 85.9. The van der Waals surface area contributed by atoms with Crippen LogP contribution >= 0.6 is 0 Å². The van der Waals surface area contributed by atoms with Crippen LogP contribution in [-0.2, 0) is 0 Å². The van der Waals surface area contributed by atoms with Gasteiger partial charge in [-0.2, -0.15) is 0 Å². The van der Waals surface area contributed by atoms with E-state index in [9.17, 15) is 0 Å². The molecular formula is C114H118. The van der Waals surface area contributed by atoms with Gasteiger partial charge in [0.1, 0.15) is 0 Å². The van der Waals surface area contributed by atoms with Gasteiger partial charge in [-0.15, -0.1) is 0 Å². The van der Waals surface area contributed by atoms with Gasteiger partial charge in [0.15, 0.2) is 0 Å². The van der Waals surface area contributed by atoms with E-state index in [-0.39, 0.29) is 0 Å². The first kappa shape index (κ1) is 99.4. The van der Waals surface area contributed by atoms with Crippen LogP contribution in [0.15, 0.2) is 681 Å². The number of hydrogen-bond donors (Lipinski definition) is 0. The highest BCUT2D eigenvalue weighted by Gasteiger charge is 1.75. The van der Waals surface area contributed by atoms with Crippen LogP contribution in [0.4, 0.5) is 0 Å². The fourth-order valence-corrected chi connectivity index (χ4v) is 7.15. The molecule has 0 heteroatoms. The summed E-state index contributed by atoms with van der Waals surface area (Å²) in [5.74, 6) is 0. The first-order chi connectivity index (χ1) is 56.9. The molecule has 574 valence electrons. The summed E-state index contributed by atoms with van der Waals surface area (Å²) in [5, 5.41) is 0. The highest BCUT2D eigenvalue weighted by molar-refractivity contribution is 5.33. The fourth-order valence-electron chi connectivity index (χ4n) is 7.15. The van der Waals surface area contributed by atoms with E-state index in [0.29, 0.717) is 0 Å². The van der Waals surface area contributed by atoms with Gasteiger partial charge >= 0.3 is 0 Å². The van der Waals surface area contributed by atoms with E-state index in [2.05, 4.69) is 0 Å². The van der Waals surface area contributed by atoms with Crippen LogP contribution in [0.2, 0.25) is 0 Å². The van der Waals surface area contributed by atoms with Gasteiger partial charge in [-0.05, 0) is 13.8 Å². The Balaban J connectivity index is 4.13. The van der Waals surface area contributed by atoms with Crippen molar-refractivity contribution in [3.05, 3.63) is 681 Å². The third-order valence-corrected chi connectivity index (χ3v) is 12.5. The van der Waals surface area contributed by atoms with Crippen molar-refractivity contribution in [2.75, 3.05) is 0 Å². The quantitative estimate of drug-likeness (QED) is 0.0533. The third-order valence-electron chi connectivity index (χ3n) is 12.5. The average molecular weight is 1490 g/mol. The molecule has 0 aromatic rings. The molecule has 0 aliphatic rings. The van der Waals surface area contributed by atoms with Crippen LogP contribution in [0.5, 0.6) is 0 Å². The Hall–Kier alpha value is -14.6. The largest absolute Gasteiger partial charge is 0.0877 e. The lowest BCUT2D eigenvalue weighted by atomic mass is 10.3. The molecular weight excluding hydrogens is 1370 g/mol. The van der Waals surface area contributed by atoms with E-state index in [4.69, 9.17) is 0 Å².